The van der Waals surface area contributed by atoms with Crippen molar-refractivity contribution in [1.29, 1.82) is 0 Å². The first-order valence-corrected chi connectivity index (χ1v) is 7.39. The van der Waals surface area contributed by atoms with Crippen LogP contribution in [0.2, 0.25) is 0 Å². The lowest BCUT2D eigenvalue weighted by molar-refractivity contribution is -0.123. The number of carbonyl (C=O) groups excluding carboxylic acids is 2. The number of carbonyl (C=O) groups is 2. The van der Waals surface area contributed by atoms with Gasteiger partial charge in [-0.2, -0.15) is 0 Å². The number of furan rings is 1. The average molecular weight is 345 g/mol. The fraction of sp³-hybridized carbons (Fsp3) is 0.111. The predicted octanol–water partition coefficient (Wildman–Crippen LogP) is 3.90. The molecule has 0 saturated heterocycles. The van der Waals surface area contributed by atoms with Gasteiger partial charge in [-0.15, -0.1) is 0 Å². The largest absolute Gasteiger partial charge is 0.449 e. The summed E-state index contributed by atoms with van der Waals surface area (Å²) in [5.41, 5.74) is 0.304. The number of esters is 1. The minimum atomic E-state index is -1.20. The standard InChI is InChI=1S/C18H13F2NO4/c1-10(17(22)21-14-7-6-12(19)9-13(14)20)24-18(23)16-8-11-4-2-3-5-15(11)25-16/h2-10H,1H3,(H,21,22)/t10-/m1/s1. The number of rotatable bonds is 4. The van der Waals surface area contributed by atoms with Gasteiger partial charge in [-0.3, -0.25) is 4.79 Å². The van der Waals surface area contributed by atoms with E-state index in [9.17, 15) is 18.4 Å². The predicted molar refractivity (Wildman–Crippen MR) is 86.1 cm³/mol. The summed E-state index contributed by atoms with van der Waals surface area (Å²) < 4.78 is 36.8. The van der Waals surface area contributed by atoms with Crippen LogP contribution in [-0.2, 0) is 9.53 Å². The molecule has 3 rings (SSSR count). The van der Waals surface area contributed by atoms with Crippen molar-refractivity contribution in [3.8, 4) is 0 Å². The summed E-state index contributed by atoms with van der Waals surface area (Å²) in [6.07, 6.45) is -1.20. The van der Waals surface area contributed by atoms with Crippen molar-refractivity contribution in [2.75, 3.05) is 5.32 Å². The van der Waals surface area contributed by atoms with Crippen LogP contribution in [0.3, 0.4) is 0 Å². The highest BCUT2D eigenvalue weighted by atomic mass is 19.1. The van der Waals surface area contributed by atoms with Gasteiger partial charge in [-0.25, -0.2) is 13.6 Å². The van der Waals surface area contributed by atoms with Crippen molar-refractivity contribution >= 4 is 28.5 Å². The van der Waals surface area contributed by atoms with Crippen LogP contribution < -0.4 is 5.32 Å². The molecule has 3 aromatic rings. The molecule has 1 heterocycles. The van der Waals surface area contributed by atoms with Gasteiger partial charge in [0.2, 0.25) is 5.76 Å². The smallest absolute Gasteiger partial charge is 0.375 e. The normalized spacial score (nSPS) is 12.0. The second kappa shape index (κ2) is 6.72. The fourth-order valence-electron chi connectivity index (χ4n) is 2.18. The van der Waals surface area contributed by atoms with Crippen LogP contribution in [0.1, 0.15) is 17.5 Å². The van der Waals surface area contributed by atoms with Gasteiger partial charge in [0.25, 0.3) is 5.91 Å². The molecule has 1 atom stereocenters. The Kier molecular flexibility index (Phi) is 4.47. The molecule has 0 aliphatic carbocycles. The lowest BCUT2D eigenvalue weighted by atomic mass is 10.2. The number of amides is 1. The van der Waals surface area contributed by atoms with Gasteiger partial charge in [0.05, 0.1) is 5.69 Å². The highest BCUT2D eigenvalue weighted by molar-refractivity contribution is 5.98. The zero-order valence-corrected chi connectivity index (χ0v) is 13.1. The molecule has 0 fully saturated rings. The number of fused-ring (bicyclic) bond motifs is 1. The molecule has 2 aromatic carbocycles. The topological polar surface area (TPSA) is 68.5 Å². The van der Waals surface area contributed by atoms with Crippen LogP contribution in [0, 0.1) is 11.6 Å². The van der Waals surface area contributed by atoms with E-state index in [1.807, 2.05) is 0 Å². The third kappa shape index (κ3) is 3.65. The van der Waals surface area contributed by atoms with Gasteiger partial charge in [0.15, 0.2) is 6.10 Å². The molecular formula is C18H13F2NO4. The van der Waals surface area contributed by atoms with Crippen LogP contribution in [0.5, 0.6) is 0 Å². The van der Waals surface area contributed by atoms with E-state index >= 15 is 0 Å². The van der Waals surface area contributed by atoms with E-state index in [1.54, 1.807) is 24.3 Å². The summed E-state index contributed by atoms with van der Waals surface area (Å²) in [7, 11) is 0. The quantitative estimate of drug-likeness (QED) is 0.728. The van der Waals surface area contributed by atoms with Crippen molar-refractivity contribution in [1.82, 2.24) is 0 Å². The number of hydrogen-bond acceptors (Lipinski definition) is 4. The van der Waals surface area contributed by atoms with E-state index < -0.39 is 29.6 Å². The second-order valence-electron chi connectivity index (χ2n) is 5.31. The van der Waals surface area contributed by atoms with Crippen molar-refractivity contribution in [3.05, 3.63) is 65.9 Å². The van der Waals surface area contributed by atoms with Crippen molar-refractivity contribution in [3.63, 3.8) is 0 Å². The number of ether oxygens (including phenoxy) is 1. The third-order valence-electron chi connectivity index (χ3n) is 3.47. The number of halogens is 2. The Bertz CT molecular complexity index is 918. The van der Waals surface area contributed by atoms with E-state index in [2.05, 4.69) is 5.32 Å². The van der Waals surface area contributed by atoms with E-state index in [0.717, 1.165) is 17.5 Å². The number of anilines is 1. The Balaban J connectivity index is 1.67. The van der Waals surface area contributed by atoms with E-state index in [1.165, 1.54) is 13.0 Å². The molecule has 0 spiro atoms. The number of hydrogen-bond donors (Lipinski definition) is 1. The average Bonchev–Trinajstić information content (AvgIpc) is 3.01. The van der Waals surface area contributed by atoms with Crippen molar-refractivity contribution < 1.29 is 27.5 Å². The maximum Gasteiger partial charge on any atom is 0.375 e. The Labute approximate surface area is 141 Å². The van der Waals surface area contributed by atoms with Crippen LogP contribution >= 0.6 is 0 Å². The molecule has 0 aliphatic rings. The van der Waals surface area contributed by atoms with Gasteiger partial charge in [0, 0.05) is 11.5 Å². The van der Waals surface area contributed by atoms with Crippen molar-refractivity contribution in [2.24, 2.45) is 0 Å². The first kappa shape index (κ1) is 16.6. The molecule has 128 valence electrons. The molecule has 25 heavy (non-hydrogen) atoms. The molecule has 0 saturated carbocycles. The Hall–Kier alpha value is -3.22. The van der Waals surface area contributed by atoms with Crippen molar-refractivity contribution in [2.45, 2.75) is 13.0 Å². The zero-order valence-electron chi connectivity index (χ0n) is 13.1. The summed E-state index contributed by atoms with van der Waals surface area (Å²) in [4.78, 5) is 24.1. The molecule has 1 N–H and O–H groups in total. The van der Waals surface area contributed by atoms with Crippen LogP contribution in [0.15, 0.2) is 52.9 Å². The summed E-state index contributed by atoms with van der Waals surface area (Å²) in [6.45, 7) is 1.33. The molecule has 1 aromatic heterocycles. The summed E-state index contributed by atoms with van der Waals surface area (Å²) >= 11 is 0. The molecule has 5 nitrogen and oxygen atoms in total. The molecule has 7 heteroatoms. The molecule has 1 amide bonds. The second-order valence-corrected chi connectivity index (χ2v) is 5.31. The summed E-state index contributed by atoms with van der Waals surface area (Å²) in [5, 5.41) is 2.95. The highest BCUT2D eigenvalue weighted by Gasteiger charge is 2.22. The van der Waals surface area contributed by atoms with Crippen LogP contribution in [0.25, 0.3) is 11.0 Å². The Morgan fingerprint density at radius 2 is 1.88 bits per heavy atom. The fourth-order valence-corrected chi connectivity index (χ4v) is 2.18. The Morgan fingerprint density at radius 1 is 1.12 bits per heavy atom. The maximum atomic E-state index is 13.5. The van der Waals surface area contributed by atoms with E-state index in [-0.39, 0.29) is 11.4 Å². The SMILES string of the molecule is C[C@@H](OC(=O)c1cc2ccccc2o1)C(=O)Nc1ccc(F)cc1F. The lowest BCUT2D eigenvalue weighted by Crippen LogP contribution is -2.30. The van der Waals surface area contributed by atoms with E-state index in [4.69, 9.17) is 9.15 Å². The van der Waals surface area contributed by atoms with Gasteiger partial charge in [0.1, 0.15) is 17.2 Å². The van der Waals surface area contributed by atoms with Gasteiger partial charge in [-0.05, 0) is 31.2 Å². The molecule has 0 bridgehead atoms. The van der Waals surface area contributed by atoms with Gasteiger partial charge < -0.3 is 14.5 Å². The highest BCUT2D eigenvalue weighted by Crippen LogP contribution is 2.20. The minimum absolute atomic E-state index is 0.0474. The summed E-state index contributed by atoms with van der Waals surface area (Å²) in [6, 6.07) is 11.2. The minimum Gasteiger partial charge on any atom is -0.449 e. The number of para-hydroxylation sites is 1. The Morgan fingerprint density at radius 3 is 2.60 bits per heavy atom. The molecule has 0 radical (unpaired) electrons. The zero-order chi connectivity index (χ0) is 18.0. The van der Waals surface area contributed by atoms with Gasteiger partial charge in [-0.1, -0.05) is 18.2 Å². The van der Waals surface area contributed by atoms with E-state index in [0.29, 0.717) is 11.6 Å². The first-order valence-electron chi connectivity index (χ1n) is 7.39. The monoisotopic (exact) mass is 345 g/mol. The molecular weight excluding hydrogens is 332 g/mol. The number of nitrogens with one attached hydrogen (secondary N) is 1. The molecule has 0 unspecified atom stereocenters. The first-order chi connectivity index (χ1) is 11.9. The lowest BCUT2D eigenvalue weighted by Gasteiger charge is -2.13. The molecule has 0 aliphatic heterocycles. The number of benzene rings is 2. The van der Waals surface area contributed by atoms with Crippen LogP contribution in [-0.4, -0.2) is 18.0 Å². The third-order valence-corrected chi connectivity index (χ3v) is 3.47. The maximum absolute atomic E-state index is 13.5. The van der Waals surface area contributed by atoms with Gasteiger partial charge >= 0.3 is 5.97 Å². The summed E-state index contributed by atoms with van der Waals surface area (Å²) in [5.74, 6) is -3.31. The van der Waals surface area contributed by atoms with Crippen LogP contribution in [0.4, 0.5) is 14.5 Å².